The highest BCUT2D eigenvalue weighted by Crippen LogP contribution is 2.27. The Morgan fingerprint density at radius 2 is 1.84 bits per heavy atom. The normalized spacial score (nSPS) is 9.95. The summed E-state index contributed by atoms with van der Waals surface area (Å²) < 4.78 is 0. The predicted octanol–water partition coefficient (Wildman–Crippen LogP) is 0.615. The van der Waals surface area contributed by atoms with Gasteiger partial charge >= 0.3 is 11.4 Å². The molecule has 2 N–H and O–H groups in total. The van der Waals surface area contributed by atoms with Gasteiger partial charge in [0, 0.05) is 30.8 Å². The average Bonchev–Trinajstić information content (AvgIpc) is 2.38. The first-order chi connectivity index (χ1) is 8.97. The Labute approximate surface area is 107 Å². The molecule has 1 aromatic carbocycles. The molecule has 9 nitrogen and oxygen atoms in total. The highest BCUT2D eigenvalue weighted by molar-refractivity contribution is 5.95. The number of aliphatic hydroxyl groups excluding tert-OH is 1. The van der Waals surface area contributed by atoms with E-state index in [1.807, 2.05) is 0 Å². The summed E-state index contributed by atoms with van der Waals surface area (Å²) in [6.45, 7) is 0.112. The lowest BCUT2D eigenvalue weighted by molar-refractivity contribution is -0.422. The standard InChI is InChI=1S/C10H11N3O6/c14-5-1-4-11-10(15)7-2-3-8(12(16)17)9(6-7)13(18)19/h2-3,6,14H,1,4-5H2,(H,11,15). The van der Waals surface area contributed by atoms with Crippen LogP contribution in [0, 0.1) is 20.2 Å². The van der Waals surface area contributed by atoms with Gasteiger partial charge in [0.15, 0.2) is 0 Å². The molecule has 0 spiro atoms. The molecular formula is C10H11N3O6. The molecule has 0 fully saturated rings. The molecule has 0 aromatic heterocycles. The number of aliphatic hydroxyl groups is 1. The molecule has 0 aliphatic heterocycles. The van der Waals surface area contributed by atoms with E-state index in [1.54, 1.807) is 0 Å². The molecule has 0 radical (unpaired) electrons. The average molecular weight is 269 g/mol. The Morgan fingerprint density at radius 1 is 1.21 bits per heavy atom. The lowest BCUT2D eigenvalue weighted by atomic mass is 10.1. The van der Waals surface area contributed by atoms with Crippen molar-refractivity contribution in [2.24, 2.45) is 0 Å². The number of carbonyl (C=O) groups is 1. The number of nitrogens with zero attached hydrogens (tertiary/aromatic N) is 2. The zero-order valence-corrected chi connectivity index (χ0v) is 9.74. The monoisotopic (exact) mass is 269 g/mol. The number of rotatable bonds is 6. The third-order valence-corrected chi connectivity index (χ3v) is 2.25. The summed E-state index contributed by atoms with van der Waals surface area (Å²) >= 11 is 0. The highest BCUT2D eigenvalue weighted by atomic mass is 16.6. The molecule has 9 heteroatoms. The van der Waals surface area contributed by atoms with Crippen LogP contribution in [-0.2, 0) is 0 Å². The maximum absolute atomic E-state index is 11.6. The Kier molecular flexibility index (Phi) is 4.89. The van der Waals surface area contributed by atoms with Crippen LogP contribution < -0.4 is 5.32 Å². The quantitative estimate of drug-likeness (QED) is 0.441. The first-order valence-corrected chi connectivity index (χ1v) is 5.29. The van der Waals surface area contributed by atoms with Crippen LogP contribution in [-0.4, -0.2) is 34.0 Å². The third-order valence-electron chi connectivity index (χ3n) is 2.25. The van der Waals surface area contributed by atoms with Crippen LogP contribution in [0.2, 0.25) is 0 Å². The molecule has 0 saturated carbocycles. The SMILES string of the molecule is O=C(NCCCO)c1ccc([N+](=O)[O-])c([N+](=O)[O-])c1. The minimum absolute atomic E-state index is 0.0461. The van der Waals surface area contributed by atoms with E-state index in [2.05, 4.69) is 5.32 Å². The zero-order chi connectivity index (χ0) is 14.4. The molecule has 0 atom stereocenters. The van der Waals surface area contributed by atoms with Crippen molar-refractivity contribution in [3.8, 4) is 0 Å². The minimum atomic E-state index is -0.914. The van der Waals surface area contributed by atoms with Gasteiger partial charge < -0.3 is 10.4 Å². The number of nitro groups is 2. The Bertz CT molecular complexity index is 516. The van der Waals surface area contributed by atoms with Gasteiger partial charge in [0.25, 0.3) is 5.91 Å². The predicted molar refractivity (Wildman–Crippen MR) is 63.8 cm³/mol. The van der Waals surface area contributed by atoms with Gasteiger partial charge in [0.1, 0.15) is 0 Å². The van der Waals surface area contributed by atoms with E-state index in [0.717, 1.165) is 18.2 Å². The second-order valence-electron chi connectivity index (χ2n) is 3.55. The third kappa shape index (κ3) is 3.71. The van der Waals surface area contributed by atoms with E-state index >= 15 is 0 Å². The lowest BCUT2D eigenvalue weighted by Crippen LogP contribution is -2.25. The molecule has 0 bridgehead atoms. The van der Waals surface area contributed by atoms with Gasteiger partial charge in [-0.1, -0.05) is 0 Å². The van der Waals surface area contributed by atoms with Gasteiger partial charge in [-0.25, -0.2) is 0 Å². The fourth-order valence-corrected chi connectivity index (χ4v) is 1.35. The van der Waals surface area contributed by atoms with Gasteiger partial charge in [-0.3, -0.25) is 25.0 Å². The van der Waals surface area contributed by atoms with Gasteiger partial charge in [-0.2, -0.15) is 0 Å². The maximum atomic E-state index is 11.6. The fourth-order valence-electron chi connectivity index (χ4n) is 1.35. The van der Waals surface area contributed by atoms with E-state index in [0.29, 0.717) is 6.42 Å². The van der Waals surface area contributed by atoms with Crippen LogP contribution in [0.4, 0.5) is 11.4 Å². The maximum Gasteiger partial charge on any atom is 0.346 e. The molecule has 0 saturated heterocycles. The second-order valence-corrected chi connectivity index (χ2v) is 3.55. The number of benzene rings is 1. The number of nitrogens with one attached hydrogen (secondary N) is 1. The van der Waals surface area contributed by atoms with E-state index in [4.69, 9.17) is 5.11 Å². The van der Waals surface area contributed by atoms with Gasteiger partial charge in [0.05, 0.1) is 9.85 Å². The van der Waals surface area contributed by atoms with Crippen LogP contribution in [0.15, 0.2) is 18.2 Å². The molecule has 1 aromatic rings. The van der Waals surface area contributed by atoms with E-state index in [1.165, 1.54) is 0 Å². The first kappa shape index (κ1) is 14.5. The molecule has 1 rings (SSSR count). The fraction of sp³-hybridized carbons (Fsp3) is 0.300. The molecule has 0 aliphatic rings. The summed E-state index contributed by atoms with van der Waals surface area (Å²) in [7, 11) is 0. The van der Waals surface area contributed by atoms with E-state index in [9.17, 15) is 25.0 Å². The number of amides is 1. The second kappa shape index (κ2) is 6.40. The summed E-state index contributed by atoms with van der Waals surface area (Å²) in [6, 6.07) is 2.91. The molecule has 1 amide bonds. The van der Waals surface area contributed by atoms with Crippen molar-refractivity contribution in [2.75, 3.05) is 13.2 Å². The van der Waals surface area contributed by atoms with Crippen molar-refractivity contribution in [3.63, 3.8) is 0 Å². The minimum Gasteiger partial charge on any atom is -0.396 e. The summed E-state index contributed by atoms with van der Waals surface area (Å²) in [5, 5.41) is 32.3. The van der Waals surface area contributed by atoms with E-state index in [-0.39, 0.29) is 18.7 Å². The molecule has 19 heavy (non-hydrogen) atoms. The number of carbonyl (C=O) groups excluding carboxylic acids is 1. The van der Waals surface area contributed by atoms with Gasteiger partial charge in [-0.05, 0) is 12.5 Å². The van der Waals surface area contributed by atoms with Crippen LogP contribution >= 0.6 is 0 Å². The molecule has 0 unspecified atom stereocenters. The zero-order valence-electron chi connectivity index (χ0n) is 9.74. The topological polar surface area (TPSA) is 136 Å². The largest absolute Gasteiger partial charge is 0.396 e. The van der Waals surface area contributed by atoms with Crippen molar-refractivity contribution in [1.29, 1.82) is 0 Å². The van der Waals surface area contributed by atoms with Gasteiger partial charge in [0.2, 0.25) is 0 Å². The van der Waals surface area contributed by atoms with Gasteiger partial charge in [-0.15, -0.1) is 0 Å². The summed E-state index contributed by atoms with van der Waals surface area (Å²) in [5.74, 6) is -0.591. The number of hydrogen-bond donors (Lipinski definition) is 2. The van der Waals surface area contributed by atoms with Crippen LogP contribution in [0.5, 0.6) is 0 Å². The van der Waals surface area contributed by atoms with E-state index < -0.39 is 27.1 Å². The summed E-state index contributed by atoms with van der Waals surface area (Å²) in [5.41, 5.74) is -1.45. The van der Waals surface area contributed by atoms with Crippen molar-refractivity contribution < 1.29 is 19.7 Å². The number of hydrogen-bond acceptors (Lipinski definition) is 6. The van der Waals surface area contributed by atoms with Crippen LogP contribution in [0.1, 0.15) is 16.8 Å². The van der Waals surface area contributed by atoms with Crippen molar-refractivity contribution in [3.05, 3.63) is 44.0 Å². The Balaban J connectivity index is 2.98. The van der Waals surface area contributed by atoms with Crippen LogP contribution in [0.25, 0.3) is 0 Å². The van der Waals surface area contributed by atoms with Crippen molar-refractivity contribution >= 4 is 17.3 Å². The lowest BCUT2D eigenvalue weighted by Gasteiger charge is -2.04. The summed E-state index contributed by atoms with van der Waals surface area (Å²) in [6.07, 6.45) is 0.348. The van der Waals surface area contributed by atoms with Crippen molar-refractivity contribution in [2.45, 2.75) is 6.42 Å². The smallest absolute Gasteiger partial charge is 0.346 e. The molecular weight excluding hydrogens is 258 g/mol. The van der Waals surface area contributed by atoms with Crippen LogP contribution in [0.3, 0.4) is 0 Å². The first-order valence-electron chi connectivity index (χ1n) is 5.29. The number of nitro benzene ring substituents is 2. The summed E-state index contributed by atoms with van der Waals surface area (Å²) in [4.78, 5) is 31.1. The highest BCUT2D eigenvalue weighted by Gasteiger charge is 2.25. The Morgan fingerprint density at radius 3 is 2.37 bits per heavy atom. The van der Waals surface area contributed by atoms with Crippen molar-refractivity contribution in [1.82, 2.24) is 5.32 Å². The molecule has 0 aliphatic carbocycles. The Hall–Kier alpha value is -2.55. The molecule has 102 valence electrons. The molecule has 0 heterocycles.